The second kappa shape index (κ2) is 15.8. The van der Waals surface area contributed by atoms with Crippen LogP contribution in [0.15, 0.2) is 0 Å². The summed E-state index contributed by atoms with van der Waals surface area (Å²) in [7, 11) is 0. The van der Waals surface area contributed by atoms with Gasteiger partial charge in [-0.1, -0.05) is 0 Å². The summed E-state index contributed by atoms with van der Waals surface area (Å²) in [5.41, 5.74) is 14.0. The van der Waals surface area contributed by atoms with Crippen molar-refractivity contribution in [1.82, 2.24) is 5.32 Å². The van der Waals surface area contributed by atoms with Crippen molar-refractivity contribution in [3.05, 3.63) is 0 Å². The Balaban J connectivity index is -0.000000219. The van der Waals surface area contributed by atoms with Crippen molar-refractivity contribution < 1.29 is 34.5 Å². The quantitative estimate of drug-likeness (QED) is 0.260. The molecule has 0 bridgehead atoms. The Labute approximate surface area is 108 Å². The Morgan fingerprint density at radius 2 is 1.05 bits per heavy atom. The van der Waals surface area contributed by atoms with E-state index in [9.17, 15) is 19.2 Å². The molecule has 19 heavy (non-hydrogen) atoms. The average molecular weight is 282 g/mol. The van der Waals surface area contributed by atoms with E-state index in [1.165, 1.54) is 0 Å². The zero-order chi connectivity index (χ0) is 15.8. The average Bonchev–Trinajstić information content (AvgIpc) is 2.37. The number of hydrogen-bond donors (Lipinski definition) is 7. The highest BCUT2D eigenvalue weighted by atomic mass is 16.4. The van der Waals surface area contributed by atoms with E-state index in [2.05, 4.69) is 16.8 Å². The van der Waals surface area contributed by atoms with Crippen molar-refractivity contribution in [2.75, 3.05) is 26.2 Å². The maximum atomic E-state index is 10.2. The summed E-state index contributed by atoms with van der Waals surface area (Å²) in [4.78, 5) is 38.5. The third-order valence-corrected chi connectivity index (χ3v) is 0.971. The van der Waals surface area contributed by atoms with Crippen molar-refractivity contribution >= 4 is 23.8 Å². The van der Waals surface area contributed by atoms with Crippen molar-refractivity contribution in [3.63, 3.8) is 0 Å². The molecule has 0 unspecified atom stereocenters. The Kier molecular flexibility index (Phi) is 18.2. The van der Waals surface area contributed by atoms with E-state index in [1.807, 2.05) is 0 Å². The maximum Gasteiger partial charge on any atom is 0.322 e. The summed E-state index contributed by atoms with van der Waals surface area (Å²) in [5, 5.41) is 25.3. The molecule has 0 aromatic rings. The van der Waals surface area contributed by atoms with E-state index in [1.54, 1.807) is 0 Å². The SMILES string of the molecule is NCC(=O)NCC(=O)O.NCC(=O)O.NCC(=O)O. The number of hydrogen-bond acceptors (Lipinski definition) is 7. The maximum absolute atomic E-state index is 10.2. The molecule has 0 fully saturated rings. The highest BCUT2D eigenvalue weighted by Gasteiger charge is 1.98. The molecule has 0 heterocycles. The molecular weight excluding hydrogens is 264 g/mol. The summed E-state index contributed by atoms with van der Waals surface area (Å²) < 4.78 is 0. The summed E-state index contributed by atoms with van der Waals surface area (Å²) in [6, 6.07) is 0. The zero-order valence-corrected chi connectivity index (χ0v) is 10.0. The molecule has 10 N–H and O–H groups in total. The van der Waals surface area contributed by atoms with Crippen LogP contribution in [0.3, 0.4) is 0 Å². The lowest BCUT2D eigenvalue weighted by Gasteiger charge is -1.95. The molecule has 0 radical (unpaired) electrons. The number of amides is 1. The molecule has 0 spiro atoms. The Morgan fingerprint density at radius 3 is 1.21 bits per heavy atom. The molecule has 0 aromatic carbocycles. The minimum Gasteiger partial charge on any atom is -0.480 e. The largest absolute Gasteiger partial charge is 0.480 e. The minimum absolute atomic E-state index is 0.173. The van der Waals surface area contributed by atoms with Gasteiger partial charge in [-0.3, -0.25) is 19.2 Å². The van der Waals surface area contributed by atoms with Gasteiger partial charge >= 0.3 is 17.9 Å². The van der Waals surface area contributed by atoms with Crippen molar-refractivity contribution in [3.8, 4) is 0 Å². The van der Waals surface area contributed by atoms with E-state index >= 15 is 0 Å². The van der Waals surface area contributed by atoms with Gasteiger partial charge in [0.1, 0.15) is 6.54 Å². The number of rotatable bonds is 5. The van der Waals surface area contributed by atoms with Gasteiger partial charge in [0.2, 0.25) is 5.91 Å². The molecule has 0 saturated heterocycles. The third kappa shape index (κ3) is 38.9. The van der Waals surface area contributed by atoms with Gasteiger partial charge in [0, 0.05) is 0 Å². The highest BCUT2D eigenvalue weighted by molar-refractivity contribution is 5.82. The molecule has 0 aliphatic heterocycles. The van der Waals surface area contributed by atoms with Crippen LogP contribution in [-0.4, -0.2) is 65.3 Å². The lowest BCUT2D eigenvalue weighted by molar-refractivity contribution is -0.138. The Hall–Kier alpha value is -2.24. The molecule has 11 heteroatoms. The number of carbonyl (C=O) groups is 4. The molecular formula is C8H18N4O7. The van der Waals surface area contributed by atoms with Crippen molar-refractivity contribution in [1.29, 1.82) is 0 Å². The topological polar surface area (TPSA) is 219 Å². The fraction of sp³-hybridized carbons (Fsp3) is 0.500. The van der Waals surface area contributed by atoms with Gasteiger partial charge < -0.3 is 37.8 Å². The lowest BCUT2D eigenvalue weighted by Crippen LogP contribution is -2.34. The van der Waals surface area contributed by atoms with E-state index in [0.717, 1.165) is 0 Å². The van der Waals surface area contributed by atoms with Gasteiger partial charge in [0.15, 0.2) is 0 Å². The first kappa shape index (κ1) is 22.0. The number of carboxylic acids is 3. The first-order valence-electron chi connectivity index (χ1n) is 4.73. The first-order valence-corrected chi connectivity index (χ1v) is 4.73. The molecule has 11 nitrogen and oxygen atoms in total. The van der Waals surface area contributed by atoms with E-state index in [4.69, 9.17) is 21.1 Å². The predicted octanol–water partition coefficient (Wildman–Crippen LogP) is -3.79. The molecule has 0 aromatic heterocycles. The van der Waals surface area contributed by atoms with Gasteiger partial charge in [-0.25, -0.2) is 0 Å². The van der Waals surface area contributed by atoms with Crippen LogP contribution in [0.1, 0.15) is 0 Å². The van der Waals surface area contributed by atoms with E-state index in [-0.39, 0.29) is 26.2 Å². The Bertz CT molecular complexity index is 281. The summed E-state index contributed by atoms with van der Waals surface area (Å²) in [6.07, 6.45) is 0. The number of carboxylic acid groups (broad SMARTS) is 3. The van der Waals surface area contributed by atoms with Crippen LogP contribution in [0, 0.1) is 0 Å². The second-order valence-corrected chi connectivity index (χ2v) is 2.57. The molecule has 0 aliphatic rings. The fourth-order valence-corrected chi connectivity index (χ4v) is 0.246. The normalized spacial score (nSPS) is 7.95. The van der Waals surface area contributed by atoms with Gasteiger partial charge in [-0.05, 0) is 0 Å². The molecule has 0 rings (SSSR count). The highest BCUT2D eigenvalue weighted by Crippen LogP contribution is 1.60. The van der Waals surface area contributed by atoms with Crippen LogP contribution < -0.4 is 22.5 Å². The lowest BCUT2D eigenvalue weighted by atomic mass is 10.5. The zero-order valence-electron chi connectivity index (χ0n) is 10.0. The van der Waals surface area contributed by atoms with Crippen LogP contribution in [0.4, 0.5) is 0 Å². The van der Waals surface area contributed by atoms with Crippen LogP contribution in [0.25, 0.3) is 0 Å². The van der Waals surface area contributed by atoms with Gasteiger partial charge in [-0.15, -0.1) is 0 Å². The monoisotopic (exact) mass is 282 g/mol. The minimum atomic E-state index is -1.07. The Morgan fingerprint density at radius 1 is 0.737 bits per heavy atom. The molecule has 1 amide bonds. The molecule has 112 valence electrons. The van der Waals surface area contributed by atoms with Gasteiger partial charge in [0.25, 0.3) is 0 Å². The van der Waals surface area contributed by atoms with Crippen LogP contribution >= 0.6 is 0 Å². The van der Waals surface area contributed by atoms with E-state index < -0.39 is 23.8 Å². The predicted molar refractivity (Wildman–Crippen MR) is 63.1 cm³/mol. The van der Waals surface area contributed by atoms with Crippen molar-refractivity contribution in [2.24, 2.45) is 17.2 Å². The number of aliphatic carboxylic acids is 3. The van der Waals surface area contributed by atoms with Gasteiger partial charge in [-0.2, -0.15) is 0 Å². The summed E-state index contributed by atoms with van der Waals surface area (Å²) in [5.74, 6) is -3.47. The van der Waals surface area contributed by atoms with Crippen molar-refractivity contribution in [2.45, 2.75) is 0 Å². The second-order valence-electron chi connectivity index (χ2n) is 2.57. The number of carbonyl (C=O) groups excluding carboxylic acids is 1. The fourth-order valence-electron chi connectivity index (χ4n) is 0.246. The molecule has 0 saturated carbocycles. The third-order valence-electron chi connectivity index (χ3n) is 0.971. The number of nitrogens with one attached hydrogen (secondary N) is 1. The first-order chi connectivity index (χ1) is 8.70. The number of nitrogens with two attached hydrogens (primary N) is 3. The van der Waals surface area contributed by atoms with Gasteiger partial charge in [0.05, 0.1) is 19.6 Å². The van der Waals surface area contributed by atoms with Crippen LogP contribution in [0.5, 0.6) is 0 Å². The molecule has 0 atom stereocenters. The molecule has 0 aliphatic carbocycles. The van der Waals surface area contributed by atoms with Crippen LogP contribution in [0.2, 0.25) is 0 Å². The van der Waals surface area contributed by atoms with E-state index in [0.29, 0.717) is 0 Å². The summed E-state index contributed by atoms with van der Waals surface area (Å²) >= 11 is 0. The van der Waals surface area contributed by atoms with Crippen LogP contribution in [-0.2, 0) is 19.2 Å². The standard InChI is InChI=1S/C4H8N2O3.2C2H5NO2/c5-1-3(7)6-2-4(8)9;2*3-1-2(4)5/h1-2,5H2,(H,6,7)(H,8,9);2*1,3H2,(H,4,5). The summed E-state index contributed by atoms with van der Waals surface area (Å²) in [6.45, 7) is -1.09. The smallest absolute Gasteiger partial charge is 0.322 e.